The Hall–Kier alpha value is -0.570. The van der Waals surface area contributed by atoms with Gasteiger partial charge in [-0.15, -0.1) is 0 Å². The molecule has 90 valence electrons. The summed E-state index contributed by atoms with van der Waals surface area (Å²) in [4.78, 5) is 13.8. The van der Waals surface area contributed by atoms with Gasteiger partial charge in [-0.2, -0.15) is 0 Å². The average Bonchev–Trinajstić information content (AvgIpc) is 2.24. The molecule has 3 nitrogen and oxygen atoms in total. The van der Waals surface area contributed by atoms with Crippen molar-refractivity contribution in [2.75, 3.05) is 19.7 Å². The standard InChI is InChI=1S/C12H25NO2/c1-6-11(5)13(7-2)9-10(4)12(14)15-8-3/h10-11H,6-9H2,1-5H3. The molecule has 0 saturated heterocycles. The highest BCUT2D eigenvalue weighted by Gasteiger charge is 2.19. The van der Waals surface area contributed by atoms with Crippen LogP contribution in [0, 0.1) is 5.92 Å². The summed E-state index contributed by atoms with van der Waals surface area (Å²) in [6.07, 6.45) is 1.11. The number of carbonyl (C=O) groups excluding carboxylic acids is 1. The third-order valence-electron chi connectivity index (χ3n) is 2.82. The van der Waals surface area contributed by atoms with Gasteiger partial charge in [0.1, 0.15) is 0 Å². The Morgan fingerprint density at radius 3 is 2.27 bits per heavy atom. The molecule has 0 heterocycles. The SMILES string of the molecule is CCOC(=O)C(C)CN(CC)C(C)CC. The largest absolute Gasteiger partial charge is 0.466 e. The van der Waals surface area contributed by atoms with Crippen molar-refractivity contribution in [3.05, 3.63) is 0 Å². The lowest BCUT2D eigenvalue weighted by Gasteiger charge is -2.28. The van der Waals surface area contributed by atoms with Crippen molar-refractivity contribution in [3.8, 4) is 0 Å². The molecule has 0 rings (SSSR count). The molecular weight excluding hydrogens is 190 g/mol. The first kappa shape index (κ1) is 14.4. The van der Waals surface area contributed by atoms with Gasteiger partial charge in [0.25, 0.3) is 0 Å². The highest BCUT2D eigenvalue weighted by atomic mass is 16.5. The number of hydrogen-bond donors (Lipinski definition) is 0. The summed E-state index contributed by atoms with van der Waals surface area (Å²) in [6, 6.07) is 0.534. The zero-order valence-corrected chi connectivity index (χ0v) is 10.7. The van der Waals surface area contributed by atoms with E-state index in [4.69, 9.17) is 4.74 Å². The molecule has 0 aromatic heterocycles. The number of rotatable bonds is 7. The zero-order chi connectivity index (χ0) is 11.8. The van der Waals surface area contributed by atoms with E-state index in [1.54, 1.807) is 0 Å². The Bertz CT molecular complexity index is 182. The fourth-order valence-corrected chi connectivity index (χ4v) is 1.59. The predicted molar refractivity (Wildman–Crippen MR) is 62.8 cm³/mol. The van der Waals surface area contributed by atoms with Gasteiger partial charge in [-0.05, 0) is 26.8 Å². The second kappa shape index (κ2) is 7.69. The maximum atomic E-state index is 11.5. The fourth-order valence-electron chi connectivity index (χ4n) is 1.59. The minimum absolute atomic E-state index is 0.0288. The monoisotopic (exact) mass is 215 g/mol. The molecule has 0 aromatic rings. The summed E-state index contributed by atoms with van der Waals surface area (Å²) >= 11 is 0. The van der Waals surface area contributed by atoms with Gasteiger partial charge in [0, 0.05) is 12.6 Å². The number of esters is 1. The molecule has 2 atom stereocenters. The lowest BCUT2D eigenvalue weighted by atomic mass is 10.1. The Kier molecular flexibility index (Phi) is 7.39. The first-order valence-corrected chi connectivity index (χ1v) is 5.97. The van der Waals surface area contributed by atoms with E-state index in [2.05, 4.69) is 25.7 Å². The summed E-state index contributed by atoms with van der Waals surface area (Å²) < 4.78 is 5.00. The molecule has 15 heavy (non-hydrogen) atoms. The van der Waals surface area contributed by atoms with Crippen molar-refractivity contribution >= 4 is 5.97 Å². The van der Waals surface area contributed by atoms with E-state index in [1.807, 2.05) is 13.8 Å². The van der Waals surface area contributed by atoms with E-state index in [9.17, 15) is 4.79 Å². The van der Waals surface area contributed by atoms with E-state index in [1.165, 1.54) is 0 Å². The molecule has 0 amide bonds. The van der Waals surface area contributed by atoms with Gasteiger partial charge in [-0.25, -0.2) is 0 Å². The molecule has 2 unspecified atom stereocenters. The highest BCUT2D eigenvalue weighted by molar-refractivity contribution is 5.72. The van der Waals surface area contributed by atoms with E-state index < -0.39 is 0 Å². The van der Waals surface area contributed by atoms with Crippen LogP contribution in [-0.4, -0.2) is 36.6 Å². The molecule has 0 N–H and O–H groups in total. The van der Waals surface area contributed by atoms with E-state index in [0.29, 0.717) is 12.6 Å². The van der Waals surface area contributed by atoms with Crippen molar-refractivity contribution in [2.24, 2.45) is 5.92 Å². The van der Waals surface area contributed by atoms with Crippen molar-refractivity contribution in [3.63, 3.8) is 0 Å². The van der Waals surface area contributed by atoms with Crippen molar-refractivity contribution < 1.29 is 9.53 Å². The van der Waals surface area contributed by atoms with Crippen LogP contribution in [-0.2, 0) is 9.53 Å². The molecule has 0 radical (unpaired) electrons. The maximum Gasteiger partial charge on any atom is 0.309 e. The van der Waals surface area contributed by atoms with Crippen LogP contribution in [0.25, 0.3) is 0 Å². The molecule has 0 aliphatic rings. The lowest BCUT2D eigenvalue weighted by molar-refractivity contribution is -0.148. The van der Waals surface area contributed by atoms with Crippen LogP contribution in [0.4, 0.5) is 0 Å². The molecule has 3 heteroatoms. The average molecular weight is 215 g/mol. The quantitative estimate of drug-likeness (QED) is 0.610. The van der Waals surface area contributed by atoms with E-state index >= 15 is 0 Å². The smallest absolute Gasteiger partial charge is 0.309 e. The topological polar surface area (TPSA) is 29.5 Å². The molecule has 0 aliphatic heterocycles. The van der Waals surface area contributed by atoms with Gasteiger partial charge < -0.3 is 9.64 Å². The van der Waals surface area contributed by atoms with Crippen LogP contribution in [0.2, 0.25) is 0 Å². The molecule has 0 saturated carbocycles. The van der Waals surface area contributed by atoms with Crippen LogP contribution in [0.5, 0.6) is 0 Å². The van der Waals surface area contributed by atoms with Crippen LogP contribution in [0.3, 0.4) is 0 Å². The number of hydrogen-bond acceptors (Lipinski definition) is 3. The molecule has 0 aliphatic carbocycles. The minimum atomic E-state index is -0.0840. The van der Waals surface area contributed by atoms with Gasteiger partial charge in [0.05, 0.1) is 12.5 Å². The number of carbonyl (C=O) groups is 1. The second-order valence-electron chi connectivity index (χ2n) is 4.00. The Morgan fingerprint density at radius 1 is 1.27 bits per heavy atom. The maximum absolute atomic E-state index is 11.5. The molecule has 0 bridgehead atoms. The minimum Gasteiger partial charge on any atom is -0.466 e. The Balaban J connectivity index is 4.11. The second-order valence-corrected chi connectivity index (χ2v) is 4.00. The van der Waals surface area contributed by atoms with Gasteiger partial charge in [-0.3, -0.25) is 4.79 Å². The van der Waals surface area contributed by atoms with Crippen molar-refractivity contribution in [2.45, 2.75) is 47.1 Å². The first-order chi connectivity index (χ1) is 7.06. The zero-order valence-electron chi connectivity index (χ0n) is 10.7. The first-order valence-electron chi connectivity index (χ1n) is 5.97. The van der Waals surface area contributed by atoms with E-state index in [-0.39, 0.29) is 11.9 Å². The molecule has 0 aromatic carbocycles. The molecular formula is C12H25NO2. The third-order valence-corrected chi connectivity index (χ3v) is 2.82. The molecule has 0 fully saturated rings. The highest BCUT2D eigenvalue weighted by Crippen LogP contribution is 2.08. The van der Waals surface area contributed by atoms with Crippen LogP contribution in [0.15, 0.2) is 0 Å². The van der Waals surface area contributed by atoms with Gasteiger partial charge in [0.2, 0.25) is 0 Å². The van der Waals surface area contributed by atoms with Gasteiger partial charge >= 0.3 is 5.97 Å². The van der Waals surface area contributed by atoms with Gasteiger partial charge in [-0.1, -0.05) is 20.8 Å². The van der Waals surface area contributed by atoms with Crippen LogP contribution >= 0.6 is 0 Å². The summed E-state index contributed by atoms with van der Waals surface area (Å²) in [5.41, 5.74) is 0. The lowest BCUT2D eigenvalue weighted by Crippen LogP contribution is -2.38. The van der Waals surface area contributed by atoms with Crippen molar-refractivity contribution in [1.82, 2.24) is 4.90 Å². The van der Waals surface area contributed by atoms with Crippen LogP contribution < -0.4 is 0 Å². The number of ether oxygens (including phenoxy) is 1. The fraction of sp³-hybridized carbons (Fsp3) is 0.917. The summed E-state index contributed by atoms with van der Waals surface area (Å²) in [6.45, 7) is 12.5. The Labute approximate surface area is 93.8 Å². The number of nitrogens with zero attached hydrogens (tertiary/aromatic N) is 1. The summed E-state index contributed by atoms with van der Waals surface area (Å²) in [5, 5.41) is 0. The third kappa shape index (κ3) is 5.17. The van der Waals surface area contributed by atoms with Crippen LogP contribution in [0.1, 0.15) is 41.0 Å². The molecule has 0 spiro atoms. The summed E-state index contributed by atoms with van der Waals surface area (Å²) in [5.74, 6) is -0.113. The van der Waals surface area contributed by atoms with Crippen molar-refractivity contribution in [1.29, 1.82) is 0 Å². The predicted octanol–water partition coefficient (Wildman–Crippen LogP) is 2.31. The van der Waals surface area contributed by atoms with E-state index in [0.717, 1.165) is 19.5 Å². The Morgan fingerprint density at radius 2 is 1.87 bits per heavy atom. The summed E-state index contributed by atoms with van der Waals surface area (Å²) in [7, 11) is 0. The van der Waals surface area contributed by atoms with Gasteiger partial charge in [0.15, 0.2) is 0 Å². The normalized spacial score (nSPS) is 15.1.